The van der Waals surface area contributed by atoms with Gasteiger partial charge in [-0.05, 0) is 55.6 Å². The monoisotopic (exact) mass is 365 g/mol. The first-order valence-electron chi connectivity index (χ1n) is 9.89. The molecule has 1 aliphatic rings. The Kier molecular flexibility index (Phi) is 5.58. The number of piperidine rings is 1. The van der Waals surface area contributed by atoms with Crippen LogP contribution in [0, 0.1) is 0 Å². The molecule has 1 unspecified atom stereocenters. The first-order valence-corrected chi connectivity index (χ1v) is 9.89. The van der Waals surface area contributed by atoms with Gasteiger partial charge in [-0.3, -0.25) is 9.69 Å². The second kappa shape index (κ2) is 8.44. The van der Waals surface area contributed by atoms with Crippen molar-refractivity contribution in [2.45, 2.75) is 38.3 Å². The highest BCUT2D eigenvalue weighted by Crippen LogP contribution is 2.24. The quantitative estimate of drug-likeness (QED) is 0.689. The average molecular weight is 365 g/mol. The van der Waals surface area contributed by atoms with Crippen molar-refractivity contribution >= 4 is 16.8 Å². The summed E-state index contributed by atoms with van der Waals surface area (Å²) in [5, 5.41) is 4.33. The van der Waals surface area contributed by atoms with Crippen LogP contribution in [-0.2, 0) is 11.3 Å². The van der Waals surface area contributed by atoms with E-state index >= 15 is 0 Å². The van der Waals surface area contributed by atoms with Gasteiger partial charge in [0.2, 0.25) is 5.91 Å². The summed E-state index contributed by atoms with van der Waals surface area (Å²) in [6.07, 6.45) is 7.96. The van der Waals surface area contributed by atoms with E-state index in [9.17, 15) is 4.79 Å². The van der Waals surface area contributed by atoms with Crippen molar-refractivity contribution < 1.29 is 9.21 Å². The van der Waals surface area contributed by atoms with Gasteiger partial charge in [0.05, 0.1) is 12.3 Å². The number of amides is 1. The highest BCUT2D eigenvalue weighted by atomic mass is 16.3. The molecule has 0 radical (unpaired) electrons. The topological polar surface area (TPSA) is 50.4 Å². The number of aromatic nitrogens is 1. The zero-order valence-electron chi connectivity index (χ0n) is 15.6. The van der Waals surface area contributed by atoms with Crippen molar-refractivity contribution in [3.8, 4) is 0 Å². The second-order valence-corrected chi connectivity index (χ2v) is 7.25. The lowest BCUT2D eigenvalue weighted by Crippen LogP contribution is -2.40. The Balaban J connectivity index is 1.34. The highest BCUT2D eigenvalue weighted by molar-refractivity contribution is 5.80. The number of carbonyl (C=O) groups is 1. The fourth-order valence-electron chi connectivity index (χ4n) is 3.98. The fourth-order valence-corrected chi connectivity index (χ4v) is 3.98. The zero-order valence-corrected chi connectivity index (χ0v) is 15.6. The lowest BCUT2D eigenvalue weighted by molar-refractivity contribution is -0.121. The largest absolute Gasteiger partial charge is 0.468 e. The number of furan rings is 1. The second-order valence-electron chi connectivity index (χ2n) is 7.25. The Morgan fingerprint density at radius 2 is 1.93 bits per heavy atom. The fraction of sp³-hybridized carbons (Fsp3) is 0.409. The van der Waals surface area contributed by atoms with Crippen molar-refractivity contribution in [1.29, 1.82) is 0 Å². The molecule has 5 nitrogen and oxygen atoms in total. The van der Waals surface area contributed by atoms with Gasteiger partial charge in [0.15, 0.2) is 0 Å². The van der Waals surface area contributed by atoms with Gasteiger partial charge in [-0.25, -0.2) is 0 Å². The van der Waals surface area contributed by atoms with Crippen LogP contribution in [0.1, 0.15) is 37.5 Å². The van der Waals surface area contributed by atoms with E-state index in [1.54, 1.807) is 6.26 Å². The van der Waals surface area contributed by atoms with Crippen molar-refractivity contribution in [2.75, 3.05) is 19.6 Å². The number of hydrogen-bond donors (Lipinski definition) is 1. The van der Waals surface area contributed by atoms with Crippen LogP contribution in [0.3, 0.4) is 0 Å². The van der Waals surface area contributed by atoms with E-state index in [-0.39, 0.29) is 11.9 Å². The number of para-hydroxylation sites is 1. The summed E-state index contributed by atoms with van der Waals surface area (Å²) < 4.78 is 7.79. The number of benzene rings is 1. The third kappa shape index (κ3) is 4.25. The van der Waals surface area contributed by atoms with Gasteiger partial charge in [0.1, 0.15) is 5.76 Å². The normalized spacial score (nSPS) is 16.4. The minimum Gasteiger partial charge on any atom is -0.468 e. The predicted molar refractivity (Wildman–Crippen MR) is 106 cm³/mol. The van der Waals surface area contributed by atoms with Crippen molar-refractivity contribution in [2.24, 2.45) is 0 Å². The van der Waals surface area contributed by atoms with Gasteiger partial charge in [-0.15, -0.1) is 0 Å². The number of carbonyl (C=O) groups excluding carboxylic acids is 1. The molecule has 142 valence electrons. The lowest BCUT2D eigenvalue weighted by atomic mass is 10.1. The first kappa shape index (κ1) is 17.9. The minimum absolute atomic E-state index is 0.0846. The summed E-state index contributed by atoms with van der Waals surface area (Å²) in [4.78, 5) is 14.9. The Hall–Kier alpha value is -2.53. The Bertz CT molecular complexity index is 863. The Morgan fingerprint density at radius 3 is 2.74 bits per heavy atom. The molecule has 1 N–H and O–H groups in total. The maximum absolute atomic E-state index is 12.5. The van der Waals surface area contributed by atoms with E-state index < -0.39 is 0 Å². The minimum atomic E-state index is 0.0846. The SMILES string of the molecule is O=C(CCn1ccc2ccccc21)NCC(c1ccco1)N1CCCCC1. The lowest BCUT2D eigenvalue weighted by Gasteiger charge is -2.33. The molecule has 27 heavy (non-hydrogen) atoms. The van der Waals surface area contributed by atoms with Crippen LogP contribution in [0.2, 0.25) is 0 Å². The van der Waals surface area contributed by atoms with E-state index in [4.69, 9.17) is 4.42 Å². The maximum atomic E-state index is 12.5. The van der Waals surface area contributed by atoms with E-state index in [1.165, 1.54) is 30.2 Å². The number of nitrogens with one attached hydrogen (secondary N) is 1. The van der Waals surface area contributed by atoms with Crippen LogP contribution in [0.5, 0.6) is 0 Å². The molecule has 0 saturated carbocycles. The molecule has 1 amide bonds. The standard InChI is InChI=1S/C22H27N3O2/c26-22(11-15-25-14-10-18-7-2-3-8-19(18)25)23-17-20(21-9-6-16-27-21)24-12-4-1-5-13-24/h2-3,6-10,14,16,20H,1,4-5,11-13,15,17H2,(H,23,26). The number of rotatable bonds is 7. The molecular formula is C22H27N3O2. The molecule has 1 aliphatic heterocycles. The van der Waals surface area contributed by atoms with Gasteiger partial charge in [-0.2, -0.15) is 0 Å². The van der Waals surface area contributed by atoms with Crippen molar-refractivity contribution in [1.82, 2.24) is 14.8 Å². The van der Waals surface area contributed by atoms with Gasteiger partial charge in [0, 0.05) is 31.2 Å². The highest BCUT2D eigenvalue weighted by Gasteiger charge is 2.24. The van der Waals surface area contributed by atoms with E-state index in [0.717, 1.165) is 18.8 Å². The van der Waals surface area contributed by atoms with Gasteiger partial charge >= 0.3 is 0 Å². The van der Waals surface area contributed by atoms with Gasteiger partial charge in [0.25, 0.3) is 0 Å². The van der Waals surface area contributed by atoms with Crippen LogP contribution in [-0.4, -0.2) is 35.0 Å². The zero-order chi connectivity index (χ0) is 18.5. The number of fused-ring (bicyclic) bond motifs is 1. The summed E-state index contributed by atoms with van der Waals surface area (Å²) in [5.41, 5.74) is 1.17. The molecule has 3 heterocycles. The third-order valence-corrected chi connectivity index (χ3v) is 5.46. The molecule has 5 heteroatoms. The summed E-state index contributed by atoms with van der Waals surface area (Å²) in [7, 11) is 0. The molecule has 0 aliphatic carbocycles. The van der Waals surface area contributed by atoms with E-state index in [0.29, 0.717) is 19.5 Å². The molecule has 1 atom stereocenters. The van der Waals surface area contributed by atoms with Crippen LogP contribution in [0.4, 0.5) is 0 Å². The molecule has 0 bridgehead atoms. The molecule has 0 spiro atoms. The number of hydrogen-bond acceptors (Lipinski definition) is 3. The first-order chi connectivity index (χ1) is 13.3. The molecule has 1 saturated heterocycles. The number of aryl methyl sites for hydroxylation is 1. The number of nitrogens with zero attached hydrogens (tertiary/aromatic N) is 2. The van der Waals surface area contributed by atoms with E-state index in [1.807, 2.05) is 24.3 Å². The molecule has 4 rings (SSSR count). The smallest absolute Gasteiger partial charge is 0.221 e. The molecule has 2 aromatic heterocycles. The summed E-state index contributed by atoms with van der Waals surface area (Å²) in [6, 6.07) is 14.4. The average Bonchev–Trinajstić information content (AvgIpc) is 3.38. The summed E-state index contributed by atoms with van der Waals surface area (Å²) in [5.74, 6) is 1.02. The third-order valence-electron chi connectivity index (χ3n) is 5.46. The molecular weight excluding hydrogens is 338 g/mol. The van der Waals surface area contributed by atoms with Crippen molar-refractivity contribution in [3.05, 3.63) is 60.7 Å². The van der Waals surface area contributed by atoms with E-state index in [2.05, 4.69) is 39.2 Å². The van der Waals surface area contributed by atoms with Crippen LogP contribution in [0.15, 0.2) is 59.3 Å². The van der Waals surface area contributed by atoms with Gasteiger partial charge < -0.3 is 14.3 Å². The van der Waals surface area contributed by atoms with Gasteiger partial charge in [-0.1, -0.05) is 24.6 Å². The van der Waals surface area contributed by atoms with Crippen LogP contribution >= 0.6 is 0 Å². The Morgan fingerprint density at radius 1 is 1.07 bits per heavy atom. The summed E-state index contributed by atoms with van der Waals surface area (Å²) >= 11 is 0. The molecule has 1 fully saturated rings. The molecule has 1 aromatic carbocycles. The van der Waals surface area contributed by atoms with Crippen LogP contribution in [0.25, 0.3) is 10.9 Å². The molecule has 3 aromatic rings. The van der Waals surface area contributed by atoms with Crippen molar-refractivity contribution in [3.63, 3.8) is 0 Å². The maximum Gasteiger partial charge on any atom is 0.221 e. The Labute approximate surface area is 159 Å². The van der Waals surface area contributed by atoms with Crippen LogP contribution < -0.4 is 5.32 Å². The summed E-state index contributed by atoms with van der Waals surface area (Å²) in [6.45, 7) is 3.42. The predicted octanol–water partition coefficient (Wildman–Crippen LogP) is 3.97. The number of likely N-dealkylation sites (tertiary alicyclic amines) is 1.